The van der Waals surface area contributed by atoms with E-state index in [2.05, 4.69) is 0 Å². The number of hydrogen-bond donors (Lipinski definition) is 2. The van der Waals surface area contributed by atoms with Crippen LogP contribution in [0, 0.1) is 0 Å². The molecule has 0 saturated carbocycles. The van der Waals surface area contributed by atoms with Gasteiger partial charge in [0, 0.05) is 12.5 Å². The van der Waals surface area contributed by atoms with Gasteiger partial charge >= 0.3 is 5.97 Å². The van der Waals surface area contributed by atoms with Gasteiger partial charge < -0.3 is 24.4 Å². The van der Waals surface area contributed by atoms with E-state index >= 15 is 0 Å². The minimum absolute atomic E-state index is 0.139. The van der Waals surface area contributed by atoms with Crippen LogP contribution in [0.5, 0.6) is 0 Å². The molecule has 0 amide bonds. The Morgan fingerprint density at radius 1 is 1.35 bits per heavy atom. The number of rotatable bonds is 6. The summed E-state index contributed by atoms with van der Waals surface area (Å²) in [5.41, 5.74) is -0.493. The predicted octanol–water partition coefficient (Wildman–Crippen LogP) is 1.93. The molecule has 1 saturated heterocycles. The van der Waals surface area contributed by atoms with Crippen molar-refractivity contribution in [2.45, 2.75) is 90.2 Å². The smallest absolute Gasteiger partial charge is 0.330 e. The molecular formula is C17H30O6. The first-order chi connectivity index (χ1) is 10.6. The highest BCUT2D eigenvalue weighted by Gasteiger charge is 2.35. The zero-order chi connectivity index (χ0) is 17.6. The first kappa shape index (κ1) is 20.1. The van der Waals surface area contributed by atoms with Crippen LogP contribution in [0.4, 0.5) is 0 Å². The Labute approximate surface area is 138 Å². The van der Waals surface area contributed by atoms with E-state index < -0.39 is 24.1 Å². The zero-order valence-electron chi connectivity index (χ0n) is 14.7. The van der Waals surface area contributed by atoms with Gasteiger partial charge in [0.1, 0.15) is 11.7 Å². The molecule has 0 aromatic heterocycles. The van der Waals surface area contributed by atoms with Gasteiger partial charge in [-0.15, -0.1) is 0 Å². The number of aliphatic hydroxyl groups is 2. The van der Waals surface area contributed by atoms with Crippen LogP contribution in [0.2, 0.25) is 0 Å². The van der Waals surface area contributed by atoms with Crippen LogP contribution < -0.4 is 0 Å². The first-order valence-electron chi connectivity index (χ1n) is 8.15. The van der Waals surface area contributed by atoms with Crippen molar-refractivity contribution in [2.75, 3.05) is 0 Å². The summed E-state index contributed by atoms with van der Waals surface area (Å²) in [6, 6.07) is 0. The molecular weight excluding hydrogens is 300 g/mol. The highest BCUT2D eigenvalue weighted by atomic mass is 16.7. The predicted molar refractivity (Wildman–Crippen MR) is 85.7 cm³/mol. The topological polar surface area (TPSA) is 85.2 Å². The fourth-order valence-electron chi connectivity index (χ4n) is 2.21. The van der Waals surface area contributed by atoms with E-state index in [9.17, 15) is 15.0 Å². The maximum absolute atomic E-state index is 11.5. The number of carbonyl (C=O) groups excluding carboxylic acids is 1. The maximum atomic E-state index is 11.5. The second kappa shape index (κ2) is 8.78. The van der Waals surface area contributed by atoms with Gasteiger partial charge in [0.15, 0.2) is 6.29 Å². The second-order valence-corrected chi connectivity index (χ2v) is 7.04. The van der Waals surface area contributed by atoms with Crippen molar-refractivity contribution < 1.29 is 29.2 Å². The lowest BCUT2D eigenvalue weighted by atomic mass is 10.0. The molecule has 1 aliphatic rings. The van der Waals surface area contributed by atoms with Crippen LogP contribution in [0.15, 0.2) is 12.2 Å². The van der Waals surface area contributed by atoms with Crippen molar-refractivity contribution in [3.8, 4) is 0 Å². The van der Waals surface area contributed by atoms with E-state index in [1.807, 2.05) is 27.7 Å². The van der Waals surface area contributed by atoms with Gasteiger partial charge in [0.05, 0.1) is 18.3 Å². The summed E-state index contributed by atoms with van der Waals surface area (Å²) >= 11 is 0. The molecule has 1 rings (SSSR count). The molecule has 2 N–H and O–H groups in total. The van der Waals surface area contributed by atoms with Gasteiger partial charge in [-0.3, -0.25) is 0 Å². The molecule has 0 bridgehead atoms. The minimum atomic E-state index is -0.832. The van der Waals surface area contributed by atoms with Gasteiger partial charge in [-0.25, -0.2) is 4.79 Å². The van der Waals surface area contributed by atoms with Gasteiger partial charge in [-0.1, -0.05) is 6.08 Å². The number of esters is 1. The molecule has 0 radical (unpaired) electrons. The third kappa shape index (κ3) is 7.92. The molecule has 1 fully saturated rings. The SMILES string of the molecule is C[C@H](CC/C=C\C(=O)OC(C)(C)C)O[C@@H]1O[C@@H](C)[C@H](O)C[C@H]1O. The van der Waals surface area contributed by atoms with E-state index in [0.29, 0.717) is 12.8 Å². The molecule has 0 aliphatic carbocycles. The number of carbonyl (C=O) groups is 1. The van der Waals surface area contributed by atoms with Crippen molar-refractivity contribution >= 4 is 5.97 Å². The lowest BCUT2D eigenvalue weighted by Crippen LogP contribution is -2.48. The second-order valence-electron chi connectivity index (χ2n) is 7.04. The lowest BCUT2D eigenvalue weighted by Gasteiger charge is -2.36. The summed E-state index contributed by atoms with van der Waals surface area (Å²) in [6.45, 7) is 9.10. The van der Waals surface area contributed by atoms with Crippen LogP contribution in [0.3, 0.4) is 0 Å². The lowest BCUT2D eigenvalue weighted by molar-refractivity contribution is -0.273. The Kier molecular flexibility index (Phi) is 7.67. The fourth-order valence-corrected chi connectivity index (χ4v) is 2.21. The fraction of sp³-hybridized carbons (Fsp3) is 0.824. The summed E-state index contributed by atoms with van der Waals surface area (Å²) in [5.74, 6) is -0.361. The Morgan fingerprint density at radius 2 is 2.00 bits per heavy atom. The van der Waals surface area contributed by atoms with E-state index in [1.165, 1.54) is 6.08 Å². The number of aliphatic hydroxyl groups excluding tert-OH is 2. The average molecular weight is 330 g/mol. The van der Waals surface area contributed by atoms with Crippen molar-refractivity contribution in [2.24, 2.45) is 0 Å². The van der Waals surface area contributed by atoms with Crippen molar-refractivity contribution in [1.82, 2.24) is 0 Å². The van der Waals surface area contributed by atoms with Gasteiger partial charge in [0.25, 0.3) is 0 Å². The molecule has 6 nitrogen and oxygen atoms in total. The van der Waals surface area contributed by atoms with Crippen LogP contribution in [0.1, 0.15) is 53.9 Å². The Morgan fingerprint density at radius 3 is 2.61 bits per heavy atom. The summed E-state index contributed by atoms with van der Waals surface area (Å²) in [6.07, 6.45) is 2.03. The van der Waals surface area contributed by atoms with Crippen LogP contribution in [-0.4, -0.2) is 52.5 Å². The van der Waals surface area contributed by atoms with Crippen molar-refractivity contribution in [3.63, 3.8) is 0 Å². The highest BCUT2D eigenvalue weighted by molar-refractivity contribution is 5.82. The van der Waals surface area contributed by atoms with Crippen LogP contribution in [-0.2, 0) is 19.0 Å². The minimum Gasteiger partial charge on any atom is -0.457 e. The molecule has 0 aromatic carbocycles. The molecule has 1 heterocycles. The normalized spacial score (nSPS) is 30.4. The summed E-state index contributed by atoms with van der Waals surface area (Å²) < 4.78 is 16.3. The van der Waals surface area contributed by atoms with Gasteiger partial charge in [-0.05, 0) is 47.5 Å². The standard InChI is InChI=1S/C17H30O6/c1-11(8-6-7-9-15(20)23-17(3,4)5)21-16-14(19)10-13(18)12(2)22-16/h7,9,11-14,16,18-19H,6,8,10H2,1-5H3/b9-7-/t11-,12+,13-,14-,16-/m1/s1. The summed E-state index contributed by atoms with van der Waals surface area (Å²) in [5, 5.41) is 19.5. The Bertz CT molecular complexity index is 400. The van der Waals surface area contributed by atoms with Crippen molar-refractivity contribution in [1.29, 1.82) is 0 Å². The molecule has 1 aliphatic heterocycles. The first-order valence-corrected chi connectivity index (χ1v) is 8.15. The molecule has 5 atom stereocenters. The molecule has 0 spiro atoms. The third-order valence-electron chi connectivity index (χ3n) is 3.45. The Hall–Kier alpha value is -0.950. The zero-order valence-corrected chi connectivity index (χ0v) is 14.7. The van der Waals surface area contributed by atoms with Crippen LogP contribution in [0.25, 0.3) is 0 Å². The maximum Gasteiger partial charge on any atom is 0.330 e. The molecule has 0 aromatic rings. The van der Waals surface area contributed by atoms with Crippen molar-refractivity contribution in [3.05, 3.63) is 12.2 Å². The van der Waals surface area contributed by atoms with E-state index in [0.717, 1.165) is 0 Å². The monoisotopic (exact) mass is 330 g/mol. The highest BCUT2D eigenvalue weighted by Crippen LogP contribution is 2.22. The molecule has 0 unspecified atom stereocenters. The number of ether oxygens (including phenoxy) is 3. The quantitative estimate of drug-likeness (QED) is 0.572. The van der Waals surface area contributed by atoms with Gasteiger partial charge in [-0.2, -0.15) is 0 Å². The number of allylic oxidation sites excluding steroid dienone is 1. The largest absolute Gasteiger partial charge is 0.457 e. The van der Waals surface area contributed by atoms with Crippen LogP contribution >= 0.6 is 0 Å². The molecule has 134 valence electrons. The third-order valence-corrected chi connectivity index (χ3v) is 3.45. The summed E-state index contributed by atoms with van der Waals surface area (Å²) in [7, 11) is 0. The number of hydrogen-bond acceptors (Lipinski definition) is 6. The Balaban J connectivity index is 2.29. The van der Waals surface area contributed by atoms with E-state index in [4.69, 9.17) is 14.2 Å². The van der Waals surface area contributed by atoms with E-state index in [-0.39, 0.29) is 24.6 Å². The molecule has 6 heteroatoms. The summed E-state index contributed by atoms with van der Waals surface area (Å²) in [4.78, 5) is 11.5. The molecule has 23 heavy (non-hydrogen) atoms. The average Bonchev–Trinajstić information content (AvgIpc) is 2.39. The van der Waals surface area contributed by atoms with E-state index in [1.54, 1.807) is 13.0 Å². The van der Waals surface area contributed by atoms with Gasteiger partial charge in [0.2, 0.25) is 0 Å².